The van der Waals surface area contributed by atoms with Crippen LogP contribution >= 0.6 is 0 Å². The van der Waals surface area contributed by atoms with E-state index in [9.17, 15) is 0 Å². The van der Waals surface area contributed by atoms with E-state index in [4.69, 9.17) is 0 Å². The molecule has 4 heterocycles. The van der Waals surface area contributed by atoms with Gasteiger partial charge in [-0.2, -0.15) is 5.10 Å². The van der Waals surface area contributed by atoms with Gasteiger partial charge in [0.2, 0.25) is 0 Å². The van der Waals surface area contributed by atoms with Gasteiger partial charge >= 0.3 is 0 Å². The third-order valence-corrected chi connectivity index (χ3v) is 6.59. The SMILES string of the molecule is [Ir].[c-]1ccccc1-c1ccc2ccccc2n1.[c-]1ccccc1-c1ccc2ccccc2n1.c1ccc(-c2cnncn2)nc1. The van der Waals surface area contributed by atoms with Gasteiger partial charge in [-0.1, -0.05) is 66.7 Å². The van der Waals surface area contributed by atoms with E-state index < -0.39 is 0 Å². The van der Waals surface area contributed by atoms with Crippen molar-refractivity contribution >= 4 is 21.8 Å². The van der Waals surface area contributed by atoms with E-state index in [2.05, 4.69) is 66.5 Å². The van der Waals surface area contributed by atoms with Gasteiger partial charge < -0.3 is 0 Å². The van der Waals surface area contributed by atoms with Crippen LogP contribution in [0, 0.1) is 12.1 Å². The third kappa shape index (κ3) is 8.33. The minimum absolute atomic E-state index is 0. The molecule has 0 aliphatic carbocycles. The minimum atomic E-state index is 0. The van der Waals surface area contributed by atoms with Crippen LogP contribution in [0.25, 0.3) is 55.7 Å². The molecular formula is C38H26IrN6-2. The van der Waals surface area contributed by atoms with Crippen molar-refractivity contribution < 1.29 is 20.1 Å². The summed E-state index contributed by atoms with van der Waals surface area (Å²) in [5.74, 6) is 0. The number of pyridine rings is 3. The normalized spacial score (nSPS) is 10.0. The Kier molecular flexibility index (Phi) is 10.9. The van der Waals surface area contributed by atoms with Gasteiger partial charge in [0.15, 0.2) is 0 Å². The number of fused-ring (bicyclic) bond motifs is 2. The Hall–Kier alpha value is -5.49. The summed E-state index contributed by atoms with van der Waals surface area (Å²) in [4.78, 5) is 17.4. The average molecular weight is 759 g/mol. The second-order valence-electron chi connectivity index (χ2n) is 9.54. The first kappa shape index (κ1) is 31.0. The molecule has 8 aromatic rings. The fourth-order valence-corrected chi connectivity index (χ4v) is 4.42. The van der Waals surface area contributed by atoms with Gasteiger partial charge in [0.05, 0.1) is 22.9 Å². The molecule has 0 bridgehead atoms. The molecule has 0 fully saturated rings. The Bertz CT molecular complexity index is 1910. The quantitative estimate of drug-likeness (QED) is 0.169. The maximum atomic E-state index is 4.61. The van der Waals surface area contributed by atoms with E-state index in [0.29, 0.717) is 0 Å². The Balaban J connectivity index is 0.000000134. The van der Waals surface area contributed by atoms with E-state index in [1.165, 1.54) is 17.1 Å². The van der Waals surface area contributed by atoms with Crippen LogP contribution in [0.3, 0.4) is 0 Å². The zero-order chi connectivity index (χ0) is 29.8. The molecule has 4 aromatic heterocycles. The second-order valence-corrected chi connectivity index (χ2v) is 9.54. The molecule has 219 valence electrons. The van der Waals surface area contributed by atoms with Crippen LogP contribution in [-0.4, -0.2) is 30.1 Å². The summed E-state index contributed by atoms with van der Waals surface area (Å²) in [5, 5.41) is 9.63. The molecule has 0 aliphatic rings. The Morgan fingerprint density at radius 2 is 0.978 bits per heavy atom. The summed E-state index contributed by atoms with van der Waals surface area (Å²) in [6.45, 7) is 0. The largest absolute Gasteiger partial charge is 0.296 e. The predicted octanol–water partition coefficient (Wildman–Crippen LogP) is 8.34. The van der Waals surface area contributed by atoms with Gasteiger partial charge in [0, 0.05) is 26.3 Å². The molecule has 4 aromatic carbocycles. The van der Waals surface area contributed by atoms with Gasteiger partial charge in [-0.3, -0.25) is 15.0 Å². The summed E-state index contributed by atoms with van der Waals surface area (Å²) in [7, 11) is 0. The number of rotatable bonds is 3. The fourth-order valence-electron chi connectivity index (χ4n) is 4.42. The third-order valence-electron chi connectivity index (χ3n) is 6.59. The first-order chi connectivity index (χ1) is 21.8. The summed E-state index contributed by atoms with van der Waals surface area (Å²) in [5.41, 5.74) is 7.62. The molecule has 0 saturated heterocycles. The smallest absolute Gasteiger partial charge is 0.138 e. The number of benzene rings is 4. The molecule has 0 atom stereocenters. The van der Waals surface area contributed by atoms with Crippen LogP contribution in [0.5, 0.6) is 0 Å². The second kappa shape index (κ2) is 15.8. The topological polar surface area (TPSA) is 77.3 Å². The Labute approximate surface area is 275 Å². The van der Waals surface area contributed by atoms with Crippen molar-refractivity contribution in [1.29, 1.82) is 0 Å². The molecule has 0 aliphatic heterocycles. The number of hydrogen-bond acceptors (Lipinski definition) is 6. The maximum absolute atomic E-state index is 4.61. The van der Waals surface area contributed by atoms with E-state index in [1.54, 1.807) is 12.4 Å². The van der Waals surface area contributed by atoms with Gasteiger partial charge in [0.1, 0.15) is 12.0 Å². The van der Waals surface area contributed by atoms with Crippen LogP contribution in [-0.2, 0) is 20.1 Å². The number of aromatic nitrogens is 6. The zero-order valence-electron chi connectivity index (χ0n) is 24.0. The van der Waals surface area contributed by atoms with Crippen LogP contribution in [0.15, 0.2) is 158 Å². The molecule has 0 N–H and O–H groups in total. The van der Waals surface area contributed by atoms with Crippen molar-refractivity contribution in [2.24, 2.45) is 0 Å². The van der Waals surface area contributed by atoms with E-state index >= 15 is 0 Å². The zero-order valence-corrected chi connectivity index (χ0v) is 26.4. The molecule has 0 saturated carbocycles. The van der Waals surface area contributed by atoms with Crippen molar-refractivity contribution in [2.75, 3.05) is 0 Å². The molecule has 6 nitrogen and oxygen atoms in total. The Morgan fingerprint density at radius 3 is 1.47 bits per heavy atom. The Morgan fingerprint density at radius 1 is 0.422 bits per heavy atom. The molecule has 0 unspecified atom stereocenters. The van der Waals surface area contributed by atoms with Gasteiger partial charge in [-0.25, -0.2) is 4.98 Å². The first-order valence-corrected chi connectivity index (χ1v) is 14.0. The van der Waals surface area contributed by atoms with Crippen molar-refractivity contribution in [2.45, 2.75) is 0 Å². The number of nitrogens with zero attached hydrogens (tertiary/aromatic N) is 6. The van der Waals surface area contributed by atoms with Crippen LogP contribution in [0.1, 0.15) is 0 Å². The van der Waals surface area contributed by atoms with E-state index in [0.717, 1.165) is 44.9 Å². The molecular weight excluding hydrogens is 733 g/mol. The van der Waals surface area contributed by atoms with Crippen molar-refractivity contribution in [3.05, 3.63) is 170 Å². The molecule has 1 radical (unpaired) electrons. The summed E-state index contributed by atoms with van der Waals surface area (Å²) >= 11 is 0. The van der Waals surface area contributed by atoms with Gasteiger partial charge in [-0.05, 0) is 46.4 Å². The van der Waals surface area contributed by atoms with Crippen molar-refractivity contribution in [3.8, 4) is 33.9 Å². The van der Waals surface area contributed by atoms with Gasteiger partial charge in [0.25, 0.3) is 0 Å². The van der Waals surface area contributed by atoms with E-state index in [1.807, 2.05) is 115 Å². The molecule has 45 heavy (non-hydrogen) atoms. The van der Waals surface area contributed by atoms with Crippen LogP contribution < -0.4 is 0 Å². The minimum Gasteiger partial charge on any atom is -0.296 e. The molecule has 8 rings (SSSR count). The fraction of sp³-hybridized carbons (Fsp3) is 0. The number of hydrogen-bond donors (Lipinski definition) is 0. The predicted molar refractivity (Wildman–Crippen MR) is 175 cm³/mol. The van der Waals surface area contributed by atoms with E-state index in [-0.39, 0.29) is 20.1 Å². The molecule has 0 spiro atoms. The monoisotopic (exact) mass is 759 g/mol. The molecule has 7 heteroatoms. The average Bonchev–Trinajstić information content (AvgIpc) is 3.13. The van der Waals surface area contributed by atoms with Crippen LogP contribution in [0.2, 0.25) is 0 Å². The van der Waals surface area contributed by atoms with Gasteiger partial charge in [-0.15, -0.1) is 76.9 Å². The first-order valence-electron chi connectivity index (χ1n) is 14.0. The maximum Gasteiger partial charge on any atom is 0.138 e. The number of para-hydroxylation sites is 2. The molecule has 0 amide bonds. The summed E-state index contributed by atoms with van der Waals surface area (Å²) < 4.78 is 0. The van der Waals surface area contributed by atoms with Crippen molar-refractivity contribution in [1.82, 2.24) is 30.1 Å². The summed E-state index contributed by atoms with van der Waals surface area (Å²) in [6.07, 6.45) is 4.71. The van der Waals surface area contributed by atoms with Crippen molar-refractivity contribution in [3.63, 3.8) is 0 Å². The summed E-state index contributed by atoms with van der Waals surface area (Å²) in [6, 6.07) is 52.3. The standard InChI is InChI=1S/2C15H10N.C8H6N4.Ir/c2*1-2-6-12(7-3-1)15-11-10-13-8-4-5-9-14(13)16-15;1-2-4-9-7(3-1)8-5-11-12-6-10-8;/h2*1-6,8-11H;1-6H;/q2*-1;;. The van der Waals surface area contributed by atoms with Crippen LogP contribution in [0.4, 0.5) is 0 Å².